The van der Waals surface area contributed by atoms with E-state index in [0.717, 1.165) is 12.8 Å². The monoisotopic (exact) mass is 489 g/mol. The Hall–Kier alpha value is -1.72. The molecular weight excluding hydrogens is 453 g/mol. The molecule has 0 radical (unpaired) electrons. The second kappa shape index (κ2) is 13.7. The molecule has 0 bridgehead atoms. The number of hydrogen-bond donors (Lipinski definition) is 3. The van der Waals surface area contributed by atoms with Gasteiger partial charge in [0.15, 0.2) is 0 Å². The molecule has 0 unspecified atom stereocenters. The minimum atomic E-state index is -5.20. The molecule has 3 amide bonds. The highest BCUT2D eigenvalue weighted by Gasteiger charge is 2.47. The van der Waals surface area contributed by atoms with Crippen LogP contribution in [0.2, 0.25) is 6.04 Å². The Bertz CT molecular complexity index is 618. The highest BCUT2D eigenvalue weighted by Crippen LogP contribution is 2.26. The van der Waals surface area contributed by atoms with Crippen LogP contribution in [0.25, 0.3) is 0 Å². The SMILES string of the molecule is CCCCNC(=O)CC[Si](F)(F)[C@H](CC(C)C)NC(=O)[C@@H](NC(=O)C(F)(F)F)[C@@H](C)CC. The summed E-state index contributed by atoms with van der Waals surface area (Å²) >= 11 is 0. The highest BCUT2D eigenvalue weighted by molar-refractivity contribution is 6.68. The number of carbonyl (C=O) groups excluding carboxylic acids is 3. The van der Waals surface area contributed by atoms with Crippen LogP contribution >= 0.6 is 0 Å². The van der Waals surface area contributed by atoms with Crippen LogP contribution in [0.5, 0.6) is 0 Å². The van der Waals surface area contributed by atoms with Gasteiger partial charge in [0.25, 0.3) is 0 Å². The topological polar surface area (TPSA) is 87.3 Å². The largest absolute Gasteiger partial charge is 0.471 e. The van der Waals surface area contributed by atoms with Gasteiger partial charge in [-0.15, -0.1) is 0 Å². The van der Waals surface area contributed by atoms with Crippen LogP contribution in [0.15, 0.2) is 0 Å². The van der Waals surface area contributed by atoms with Crippen molar-refractivity contribution in [3.05, 3.63) is 0 Å². The van der Waals surface area contributed by atoms with E-state index in [-0.39, 0.29) is 18.8 Å². The van der Waals surface area contributed by atoms with Gasteiger partial charge >= 0.3 is 20.8 Å². The Balaban J connectivity index is 5.39. The lowest BCUT2D eigenvalue weighted by molar-refractivity contribution is -0.175. The highest BCUT2D eigenvalue weighted by atomic mass is 28.4. The Morgan fingerprint density at radius 1 is 1.00 bits per heavy atom. The zero-order chi connectivity index (χ0) is 25.1. The molecule has 0 aromatic rings. The zero-order valence-electron chi connectivity index (χ0n) is 19.4. The smallest absolute Gasteiger partial charge is 0.356 e. The number of alkyl halides is 3. The Morgan fingerprint density at radius 2 is 1.59 bits per heavy atom. The van der Waals surface area contributed by atoms with E-state index in [1.807, 2.05) is 6.92 Å². The Morgan fingerprint density at radius 3 is 2.06 bits per heavy atom. The van der Waals surface area contributed by atoms with Crippen LogP contribution in [0.1, 0.15) is 66.7 Å². The lowest BCUT2D eigenvalue weighted by atomic mass is 9.98. The number of unbranched alkanes of at least 4 members (excludes halogenated alkanes) is 1. The number of hydrogen-bond acceptors (Lipinski definition) is 3. The van der Waals surface area contributed by atoms with Crippen molar-refractivity contribution in [1.29, 1.82) is 0 Å². The Labute approximate surface area is 187 Å². The maximum atomic E-state index is 15.0. The van der Waals surface area contributed by atoms with Crippen molar-refractivity contribution >= 4 is 26.5 Å². The molecule has 6 nitrogen and oxygen atoms in total. The first-order valence-corrected chi connectivity index (χ1v) is 13.0. The van der Waals surface area contributed by atoms with Crippen molar-refractivity contribution in [3.63, 3.8) is 0 Å². The third-order valence-corrected chi connectivity index (χ3v) is 7.43. The normalized spacial score (nSPS) is 15.1. The fourth-order valence-corrected chi connectivity index (χ4v) is 5.02. The molecule has 3 N–H and O–H groups in total. The van der Waals surface area contributed by atoms with Crippen LogP contribution in [0, 0.1) is 11.8 Å². The van der Waals surface area contributed by atoms with E-state index in [4.69, 9.17) is 0 Å². The van der Waals surface area contributed by atoms with Crippen molar-refractivity contribution in [3.8, 4) is 0 Å². The number of halogens is 5. The van der Waals surface area contributed by atoms with Gasteiger partial charge in [-0.1, -0.05) is 47.5 Å². The molecule has 0 saturated carbocycles. The van der Waals surface area contributed by atoms with Gasteiger partial charge in [-0.25, -0.2) is 0 Å². The minimum absolute atomic E-state index is 0.0944. The summed E-state index contributed by atoms with van der Waals surface area (Å²) in [5.74, 6) is -4.83. The van der Waals surface area contributed by atoms with Gasteiger partial charge in [-0.3, -0.25) is 22.6 Å². The molecule has 0 saturated heterocycles. The van der Waals surface area contributed by atoms with E-state index in [2.05, 4.69) is 10.6 Å². The van der Waals surface area contributed by atoms with Gasteiger partial charge in [-0.2, -0.15) is 13.2 Å². The maximum absolute atomic E-state index is 15.0. The molecule has 0 aliphatic rings. The molecule has 32 heavy (non-hydrogen) atoms. The van der Waals surface area contributed by atoms with E-state index < -0.39 is 62.7 Å². The van der Waals surface area contributed by atoms with E-state index in [1.54, 1.807) is 26.1 Å². The predicted octanol–water partition coefficient (Wildman–Crippen LogP) is 3.84. The Kier molecular flexibility index (Phi) is 13.0. The van der Waals surface area contributed by atoms with E-state index >= 15 is 8.22 Å². The summed E-state index contributed by atoms with van der Waals surface area (Å²) in [4.78, 5) is 35.8. The predicted molar refractivity (Wildman–Crippen MR) is 114 cm³/mol. The lowest BCUT2D eigenvalue weighted by Gasteiger charge is -2.30. The van der Waals surface area contributed by atoms with Crippen LogP contribution in [-0.4, -0.2) is 50.9 Å². The molecule has 0 aromatic heterocycles. The number of rotatable bonds is 14. The molecule has 3 atom stereocenters. The minimum Gasteiger partial charge on any atom is -0.356 e. The van der Waals surface area contributed by atoms with Crippen molar-refractivity contribution in [1.82, 2.24) is 16.0 Å². The number of nitrogens with one attached hydrogen (secondary N) is 3. The quantitative estimate of drug-likeness (QED) is 0.150. The van der Waals surface area contributed by atoms with Gasteiger partial charge < -0.3 is 16.0 Å². The van der Waals surface area contributed by atoms with Crippen molar-refractivity contribution in [2.75, 3.05) is 6.54 Å². The average molecular weight is 490 g/mol. The summed E-state index contributed by atoms with van der Waals surface area (Å²) in [7, 11) is -5.16. The summed E-state index contributed by atoms with van der Waals surface area (Å²) in [5, 5.41) is 6.38. The van der Waals surface area contributed by atoms with Crippen LogP contribution in [-0.2, 0) is 14.4 Å². The molecule has 0 rings (SSSR count). The first-order chi connectivity index (χ1) is 14.7. The first kappa shape index (κ1) is 30.3. The van der Waals surface area contributed by atoms with Gasteiger partial charge in [0, 0.05) is 19.0 Å². The van der Waals surface area contributed by atoms with E-state index in [1.165, 1.54) is 6.92 Å². The second-order valence-electron chi connectivity index (χ2n) is 8.49. The molecular formula is C20H36F5N3O3Si. The molecule has 188 valence electrons. The zero-order valence-corrected chi connectivity index (χ0v) is 20.4. The van der Waals surface area contributed by atoms with Gasteiger partial charge in [0.2, 0.25) is 11.8 Å². The van der Waals surface area contributed by atoms with Gasteiger partial charge in [0.1, 0.15) is 6.04 Å². The molecule has 0 aliphatic carbocycles. The second-order valence-corrected chi connectivity index (χ2v) is 11.2. The average Bonchev–Trinajstić information content (AvgIpc) is 2.68. The third-order valence-electron chi connectivity index (χ3n) is 5.11. The van der Waals surface area contributed by atoms with Crippen LogP contribution in [0.3, 0.4) is 0 Å². The summed E-state index contributed by atoms with van der Waals surface area (Å²) in [6, 6.07) is -2.29. The summed E-state index contributed by atoms with van der Waals surface area (Å²) in [6.07, 6.45) is -3.87. The number of carbonyl (C=O) groups is 3. The number of amides is 3. The molecule has 0 fully saturated rings. The van der Waals surface area contributed by atoms with E-state index in [0.29, 0.717) is 6.54 Å². The summed E-state index contributed by atoms with van der Waals surface area (Å²) < 4.78 is 68.0. The van der Waals surface area contributed by atoms with Crippen LogP contribution in [0.4, 0.5) is 21.4 Å². The fourth-order valence-electron chi connectivity index (χ4n) is 2.94. The first-order valence-electron chi connectivity index (χ1n) is 11.0. The molecule has 0 spiro atoms. The molecule has 0 aromatic carbocycles. The summed E-state index contributed by atoms with van der Waals surface area (Å²) in [6.45, 7) is 8.74. The van der Waals surface area contributed by atoms with Crippen LogP contribution < -0.4 is 16.0 Å². The van der Waals surface area contributed by atoms with Crippen molar-refractivity contribution in [2.24, 2.45) is 11.8 Å². The molecule has 0 heterocycles. The van der Waals surface area contributed by atoms with Crippen molar-refractivity contribution in [2.45, 2.75) is 90.7 Å². The summed E-state index contributed by atoms with van der Waals surface area (Å²) in [5.41, 5.74) is -1.56. The maximum Gasteiger partial charge on any atom is 0.471 e. The van der Waals surface area contributed by atoms with Gasteiger partial charge in [0.05, 0.1) is 5.67 Å². The lowest BCUT2D eigenvalue weighted by Crippen LogP contribution is -2.59. The van der Waals surface area contributed by atoms with E-state index in [9.17, 15) is 27.6 Å². The van der Waals surface area contributed by atoms with Crippen molar-refractivity contribution < 1.29 is 35.8 Å². The third kappa shape index (κ3) is 11.2. The standard InChI is InChI=1S/C20H36F5N3O3Si/c1-6-8-10-26-15(29)9-11-32(24,25)16(12-13(3)4)27-18(30)17(14(5)7-2)28-19(31)20(21,22)23/h13-14,16-17H,6-12H2,1-5H3,(H,26,29)(H,27,30)(H,28,31)/t14-,16+,17-/m0/s1. The molecule has 12 heteroatoms. The fraction of sp³-hybridized carbons (Fsp3) is 0.850. The van der Waals surface area contributed by atoms with Gasteiger partial charge in [-0.05, 0) is 24.7 Å². The molecule has 0 aliphatic heterocycles.